The molecule has 5 nitrogen and oxygen atoms in total. The molecule has 0 saturated carbocycles. The maximum Gasteiger partial charge on any atom is 0.340 e. The van der Waals surface area contributed by atoms with Crippen LogP contribution in [0.25, 0.3) is 10.4 Å². The summed E-state index contributed by atoms with van der Waals surface area (Å²) in [7, 11) is 0. The second-order valence-corrected chi connectivity index (χ2v) is 3.49. The third kappa shape index (κ3) is 1.25. The van der Waals surface area contributed by atoms with E-state index >= 15 is 0 Å². The van der Waals surface area contributed by atoms with E-state index in [0.717, 1.165) is 5.56 Å². The SMILES string of the molecule is [N-]=[N+]=Nc1ccc2c(c1Br)C(=O)OC2. The first-order valence-corrected chi connectivity index (χ1v) is 4.57. The first-order valence-electron chi connectivity index (χ1n) is 3.77. The van der Waals surface area contributed by atoms with Crippen molar-refractivity contribution < 1.29 is 9.53 Å². The predicted octanol–water partition coefficient (Wildman–Crippen LogP) is 3.06. The number of carbonyl (C=O) groups excluding carboxylic acids is 1. The summed E-state index contributed by atoms with van der Waals surface area (Å²) < 4.78 is 5.33. The van der Waals surface area contributed by atoms with Gasteiger partial charge in [0.15, 0.2) is 0 Å². The first-order chi connectivity index (χ1) is 6.74. The molecule has 2 rings (SSSR count). The Labute approximate surface area is 87.4 Å². The number of hydrogen-bond donors (Lipinski definition) is 0. The minimum absolute atomic E-state index is 0.281. The monoisotopic (exact) mass is 253 g/mol. The lowest BCUT2D eigenvalue weighted by Crippen LogP contribution is -1.94. The van der Waals surface area contributed by atoms with Crippen molar-refractivity contribution in [1.29, 1.82) is 0 Å². The highest BCUT2D eigenvalue weighted by atomic mass is 79.9. The van der Waals surface area contributed by atoms with Crippen LogP contribution in [0.2, 0.25) is 0 Å². The van der Waals surface area contributed by atoms with Gasteiger partial charge in [-0.2, -0.15) is 0 Å². The Morgan fingerprint density at radius 3 is 3.07 bits per heavy atom. The number of fused-ring (bicyclic) bond motifs is 1. The first kappa shape index (κ1) is 9.05. The Kier molecular flexibility index (Phi) is 2.15. The molecule has 0 bridgehead atoms. The van der Waals surface area contributed by atoms with Crippen molar-refractivity contribution in [3.8, 4) is 0 Å². The number of azide groups is 1. The van der Waals surface area contributed by atoms with Gasteiger partial charge in [0.25, 0.3) is 0 Å². The van der Waals surface area contributed by atoms with E-state index in [0.29, 0.717) is 15.7 Å². The van der Waals surface area contributed by atoms with Crippen molar-refractivity contribution in [3.63, 3.8) is 0 Å². The number of hydrogen-bond acceptors (Lipinski definition) is 3. The number of benzene rings is 1. The maximum absolute atomic E-state index is 11.3. The normalized spacial score (nSPS) is 13.1. The zero-order valence-corrected chi connectivity index (χ0v) is 8.48. The van der Waals surface area contributed by atoms with Gasteiger partial charge in [-0.1, -0.05) is 17.2 Å². The maximum atomic E-state index is 11.3. The molecule has 1 aromatic rings. The van der Waals surface area contributed by atoms with Crippen LogP contribution in [-0.2, 0) is 11.3 Å². The third-order valence-corrected chi connectivity index (χ3v) is 2.73. The van der Waals surface area contributed by atoms with Crippen LogP contribution in [0.4, 0.5) is 5.69 Å². The smallest absolute Gasteiger partial charge is 0.340 e. The van der Waals surface area contributed by atoms with Gasteiger partial charge in [-0.15, -0.1) is 0 Å². The topological polar surface area (TPSA) is 75.1 Å². The van der Waals surface area contributed by atoms with Crippen molar-refractivity contribution in [2.45, 2.75) is 6.61 Å². The summed E-state index contributed by atoms with van der Waals surface area (Å²) in [6, 6.07) is 3.36. The molecule has 0 aromatic heterocycles. The molecule has 0 spiro atoms. The van der Waals surface area contributed by atoms with Crippen LogP contribution in [-0.4, -0.2) is 5.97 Å². The lowest BCUT2D eigenvalue weighted by molar-refractivity contribution is 0.0534. The standard InChI is InChI=1S/C8H4BrN3O2/c9-7-5(11-12-10)2-1-4-3-14-8(13)6(4)7/h1-2H,3H2. The molecule has 0 amide bonds. The number of cyclic esters (lactones) is 1. The van der Waals surface area contributed by atoms with Crippen molar-refractivity contribution in [1.82, 2.24) is 0 Å². The van der Waals surface area contributed by atoms with Gasteiger partial charge >= 0.3 is 5.97 Å². The van der Waals surface area contributed by atoms with E-state index in [-0.39, 0.29) is 12.6 Å². The van der Waals surface area contributed by atoms with Gasteiger partial charge in [-0.05, 0) is 21.5 Å². The van der Waals surface area contributed by atoms with E-state index in [1.54, 1.807) is 12.1 Å². The number of ether oxygens (including phenoxy) is 1. The highest BCUT2D eigenvalue weighted by Crippen LogP contribution is 2.35. The molecule has 6 heteroatoms. The quantitative estimate of drug-likeness (QED) is 0.334. The van der Waals surface area contributed by atoms with E-state index in [4.69, 9.17) is 10.3 Å². The van der Waals surface area contributed by atoms with E-state index in [2.05, 4.69) is 26.0 Å². The van der Waals surface area contributed by atoms with Gasteiger partial charge in [0, 0.05) is 14.9 Å². The number of rotatable bonds is 1. The van der Waals surface area contributed by atoms with Gasteiger partial charge in [0.2, 0.25) is 0 Å². The molecule has 0 saturated heterocycles. The predicted molar refractivity (Wildman–Crippen MR) is 52.1 cm³/mol. The number of carbonyl (C=O) groups is 1. The average Bonchev–Trinajstić information content (AvgIpc) is 2.54. The third-order valence-electron chi connectivity index (χ3n) is 1.92. The molecule has 1 aromatic carbocycles. The fourth-order valence-electron chi connectivity index (χ4n) is 1.29. The second kappa shape index (κ2) is 3.32. The van der Waals surface area contributed by atoms with Crippen LogP contribution >= 0.6 is 15.9 Å². The summed E-state index contributed by atoms with van der Waals surface area (Å²) in [5, 5.41) is 3.44. The highest BCUT2D eigenvalue weighted by Gasteiger charge is 2.25. The van der Waals surface area contributed by atoms with Crippen LogP contribution in [0.3, 0.4) is 0 Å². The summed E-state index contributed by atoms with van der Waals surface area (Å²) in [6.45, 7) is 0.281. The molecule has 0 unspecified atom stereocenters. The Balaban J connectivity index is 2.66. The Bertz CT molecular complexity index is 466. The minimum Gasteiger partial charge on any atom is -0.457 e. The molecule has 0 fully saturated rings. The fraction of sp³-hybridized carbons (Fsp3) is 0.125. The molecule has 0 atom stereocenters. The van der Waals surface area contributed by atoms with Crippen molar-refractivity contribution in [2.75, 3.05) is 0 Å². The summed E-state index contributed by atoms with van der Waals surface area (Å²) in [4.78, 5) is 13.9. The van der Waals surface area contributed by atoms with Gasteiger partial charge in [-0.3, -0.25) is 0 Å². The number of esters is 1. The zero-order chi connectivity index (χ0) is 10.1. The largest absolute Gasteiger partial charge is 0.457 e. The van der Waals surface area contributed by atoms with E-state index in [1.165, 1.54) is 0 Å². The molecular formula is C8H4BrN3O2. The Morgan fingerprint density at radius 2 is 2.36 bits per heavy atom. The van der Waals surface area contributed by atoms with Gasteiger partial charge in [0.05, 0.1) is 11.3 Å². The molecule has 70 valence electrons. The summed E-state index contributed by atoms with van der Waals surface area (Å²) in [6.07, 6.45) is 0. The van der Waals surface area contributed by atoms with Crippen molar-refractivity contribution in [3.05, 3.63) is 38.2 Å². The van der Waals surface area contributed by atoms with Gasteiger partial charge < -0.3 is 4.74 Å². The number of halogens is 1. The lowest BCUT2D eigenvalue weighted by atomic mass is 10.1. The summed E-state index contributed by atoms with van der Waals surface area (Å²) in [5.74, 6) is -0.387. The van der Waals surface area contributed by atoms with Crippen LogP contribution < -0.4 is 0 Å². The van der Waals surface area contributed by atoms with E-state index in [9.17, 15) is 4.79 Å². The average molecular weight is 254 g/mol. The minimum atomic E-state index is -0.387. The summed E-state index contributed by atoms with van der Waals surface area (Å²) in [5.41, 5.74) is 9.93. The highest BCUT2D eigenvalue weighted by molar-refractivity contribution is 9.10. The molecule has 0 radical (unpaired) electrons. The molecule has 1 aliphatic heterocycles. The molecule has 0 N–H and O–H groups in total. The van der Waals surface area contributed by atoms with Crippen LogP contribution in [0.1, 0.15) is 15.9 Å². The lowest BCUT2D eigenvalue weighted by Gasteiger charge is -2.00. The van der Waals surface area contributed by atoms with E-state index in [1.807, 2.05) is 0 Å². The molecule has 14 heavy (non-hydrogen) atoms. The Hall–Kier alpha value is -1.52. The van der Waals surface area contributed by atoms with Crippen molar-refractivity contribution >= 4 is 27.6 Å². The van der Waals surface area contributed by atoms with Gasteiger partial charge in [0.1, 0.15) is 6.61 Å². The summed E-state index contributed by atoms with van der Waals surface area (Å²) >= 11 is 3.21. The molecule has 0 aliphatic carbocycles. The zero-order valence-electron chi connectivity index (χ0n) is 6.90. The molecular weight excluding hydrogens is 250 g/mol. The molecule has 1 heterocycles. The van der Waals surface area contributed by atoms with E-state index < -0.39 is 0 Å². The Morgan fingerprint density at radius 1 is 1.57 bits per heavy atom. The second-order valence-electron chi connectivity index (χ2n) is 2.70. The van der Waals surface area contributed by atoms with Gasteiger partial charge in [-0.25, -0.2) is 4.79 Å². The molecule has 1 aliphatic rings. The fourth-order valence-corrected chi connectivity index (χ4v) is 1.91. The van der Waals surface area contributed by atoms with Crippen molar-refractivity contribution in [2.24, 2.45) is 5.11 Å². The van der Waals surface area contributed by atoms with Crippen LogP contribution in [0.15, 0.2) is 21.7 Å². The van der Waals surface area contributed by atoms with Crippen LogP contribution in [0.5, 0.6) is 0 Å². The number of nitrogens with zero attached hydrogens (tertiary/aromatic N) is 3. The van der Waals surface area contributed by atoms with Crippen LogP contribution in [0, 0.1) is 0 Å².